The Hall–Kier alpha value is -1.09. The topological polar surface area (TPSA) is 24.9 Å². The summed E-state index contributed by atoms with van der Waals surface area (Å²) in [4.78, 5) is 4.47. The van der Waals surface area contributed by atoms with Gasteiger partial charge in [0.05, 0.1) is 5.69 Å². The van der Waals surface area contributed by atoms with E-state index in [-0.39, 0.29) is 6.04 Å². The van der Waals surface area contributed by atoms with E-state index in [1.165, 1.54) is 5.56 Å². The summed E-state index contributed by atoms with van der Waals surface area (Å²) in [5.74, 6) is 0. The molecule has 112 valence electrons. The Morgan fingerprint density at radius 2 is 2.00 bits per heavy atom. The maximum Gasteiger partial charge on any atom is 0.0573 e. The normalized spacial score (nSPS) is 12.4. The van der Waals surface area contributed by atoms with Crippen LogP contribution in [0.25, 0.3) is 0 Å². The molecular formula is C17H20Cl2N2. The van der Waals surface area contributed by atoms with Gasteiger partial charge in [-0.05, 0) is 42.2 Å². The van der Waals surface area contributed by atoms with Crippen molar-refractivity contribution in [2.24, 2.45) is 0 Å². The van der Waals surface area contributed by atoms with Crippen LogP contribution in [0.3, 0.4) is 0 Å². The second-order valence-corrected chi connectivity index (χ2v) is 5.81. The molecule has 0 spiro atoms. The van der Waals surface area contributed by atoms with Gasteiger partial charge in [0.1, 0.15) is 0 Å². The summed E-state index contributed by atoms with van der Waals surface area (Å²) < 4.78 is 0. The highest BCUT2D eigenvalue weighted by Gasteiger charge is 2.13. The number of nitrogens with one attached hydrogen (secondary N) is 1. The number of pyridine rings is 1. The van der Waals surface area contributed by atoms with Gasteiger partial charge in [0.25, 0.3) is 0 Å². The molecule has 0 bridgehead atoms. The number of halogens is 2. The Morgan fingerprint density at radius 1 is 1.19 bits per heavy atom. The van der Waals surface area contributed by atoms with Crippen molar-refractivity contribution in [3.63, 3.8) is 0 Å². The van der Waals surface area contributed by atoms with Gasteiger partial charge in [-0.2, -0.15) is 0 Å². The quantitative estimate of drug-likeness (QED) is 0.791. The van der Waals surface area contributed by atoms with Crippen molar-refractivity contribution in [2.45, 2.75) is 39.3 Å². The molecule has 0 aliphatic carbocycles. The third-order valence-corrected chi connectivity index (χ3v) is 4.19. The summed E-state index contributed by atoms with van der Waals surface area (Å²) in [6.45, 7) is 5.02. The first kappa shape index (κ1) is 16.3. The van der Waals surface area contributed by atoms with Crippen LogP contribution in [0.1, 0.15) is 43.1 Å². The number of aryl methyl sites for hydroxylation is 1. The maximum atomic E-state index is 6.30. The average molecular weight is 323 g/mol. The van der Waals surface area contributed by atoms with Crippen LogP contribution in [-0.4, -0.2) is 4.98 Å². The van der Waals surface area contributed by atoms with Crippen LogP contribution in [0.4, 0.5) is 0 Å². The van der Waals surface area contributed by atoms with Crippen molar-refractivity contribution in [3.8, 4) is 0 Å². The molecule has 4 heteroatoms. The Balaban J connectivity index is 2.12. The summed E-state index contributed by atoms with van der Waals surface area (Å²) >= 11 is 12.3. The minimum atomic E-state index is 0.196. The first-order valence-corrected chi connectivity index (χ1v) is 8.02. The number of hydrogen-bond acceptors (Lipinski definition) is 2. The molecule has 1 atom stereocenters. The Kier molecular flexibility index (Phi) is 6.04. The van der Waals surface area contributed by atoms with E-state index in [2.05, 4.69) is 30.2 Å². The number of rotatable bonds is 6. The zero-order chi connectivity index (χ0) is 15.2. The predicted molar refractivity (Wildman–Crippen MR) is 89.9 cm³/mol. The molecule has 1 aromatic carbocycles. The summed E-state index contributed by atoms with van der Waals surface area (Å²) in [5.41, 5.74) is 3.46. The van der Waals surface area contributed by atoms with Crippen molar-refractivity contribution < 1.29 is 0 Å². The van der Waals surface area contributed by atoms with Crippen molar-refractivity contribution in [2.75, 3.05) is 0 Å². The second-order valence-electron chi connectivity index (χ2n) is 4.97. The Labute approximate surface area is 136 Å². The molecule has 21 heavy (non-hydrogen) atoms. The van der Waals surface area contributed by atoms with Crippen LogP contribution >= 0.6 is 23.2 Å². The molecule has 0 saturated carbocycles. The number of benzene rings is 1. The zero-order valence-electron chi connectivity index (χ0n) is 12.4. The molecule has 0 aliphatic heterocycles. The van der Waals surface area contributed by atoms with E-state index < -0.39 is 0 Å². The SMILES string of the molecule is CCc1cccnc1CNC(CC)c1ccc(Cl)cc1Cl. The lowest BCUT2D eigenvalue weighted by atomic mass is 10.0. The van der Waals surface area contributed by atoms with Crippen LogP contribution in [-0.2, 0) is 13.0 Å². The Bertz CT molecular complexity index is 599. The average Bonchev–Trinajstić information content (AvgIpc) is 2.50. The molecule has 2 rings (SSSR count). The van der Waals surface area contributed by atoms with Crippen molar-refractivity contribution in [1.82, 2.24) is 10.3 Å². The van der Waals surface area contributed by atoms with Gasteiger partial charge in [-0.25, -0.2) is 0 Å². The van der Waals surface area contributed by atoms with Gasteiger partial charge in [-0.15, -0.1) is 0 Å². The fraction of sp³-hybridized carbons (Fsp3) is 0.353. The van der Waals surface area contributed by atoms with Crippen molar-refractivity contribution in [3.05, 3.63) is 63.4 Å². The highest BCUT2D eigenvalue weighted by Crippen LogP contribution is 2.28. The van der Waals surface area contributed by atoms with Gasteiger partial charge in [0, 0.05) is 28.8 Å². The zero-order valence-corrected chi connectivity index (χ0v) is 13.9. The van der Waals surface area contributed by atoms with E-state index in [1.807, 2.05) is 24.4 Å². The molecule has 1 aromatic heterocycles. The molecule has 2 nitrogen and oxygen atoms in total. The third kappa shape index (κ3) is 4.19. The highest BCUT2D eigenvalue weighted by atomic mass is 35.5. The van der Waals surface area contributed by atoms with E-state index in [0.717, 1.165) is 30.6 Å². The van der Waals surface area contributed by atoms with Gasteiger partial charge < -0.3 is 5.32 Å². The fourth-order valence-electron chi connectivity index (χ4n) is 2.43. The van der Waals surface area contributed by atoms with E-state index >= 15 is 0 Å². The molecular weight excluding hydrogens is 303 g/mol. The van der Waals surface area contributed by atoms with Crippen molar-refractivity contribution in [1.29, 1.82) is 0 Å². The molecule has 2 aromatic rings. The summed E-state index contributed by atoms with van der Waals surface area (Å²) in [6.07, 6.45) is 3.78. The summed E-state index contributed by atoms with van der Waals surface area (Å²) in [5, 5.41) is 4.92. The molecule has 0 aliphatic rings. The first-order valence-electron chi connectivity index (χ1n) is 7.26. The summed E-state index contributed by atoms with van der Waals surface area (Å²) in [6, 6.07) is 9.97. The van der Waals surface area contributed by atoms with E-state index in [0.29, 0.717) is 10.0 Å². The predicted octanol–water partition coefficient (Wildman–Crippen LogP) is 5.19. The highest BCUT2D eigenvalue weighted by molar-refractivity contribution is 6.35. The first-order chi connectivity index (χ1) is 10.2. The molecule has 1 N–H and O–H groups in total. The van der Waals surface area contributed by atoms with Crippen LogP contribution in [0.5, 0.6) is 0 Å². The van der Waals surface area contributed by atoms with Gasteiger partial charge in [-0.1, -0.05) is 49.2 Å². The molecule has 1 heterocycles. The molecule has 0 fully saturated rings. The second kappa shape index (κ2) is 7.79. The minimum absolute atomic E-state index is 0.196. The molecule has 0 saturated heterocycles. The van der Waals surface area contributed by atoms with Gasteiger partial charge >= 0.3 is 0 Å². The van der Waals surface area contributed by atoms with E-state index in [4.69, 9.17) is 23.2 Å². The minimum Gasteiger partial charge on any atom is -0.304 e. The monoisotopic (exact) mass is 322 g/mol. The lowest BCUT2D eigenvalue weighted by Gasteiger charge is -2.19. The van der Waals surface area contributed by atoms with Crippen molar-refractivity contribution >= 4 is 23.2 Å². The number of nitrogens with zero attached hydrogens (tertiary/aromatic N) is 1. The number of aromatic nitrogens is 1. The van der Waals surface area contributed by atoms with Crippen LogP contribution in [0, 0.1) is 0 Å². The largest absolute Gasteiger partial charge is 0.304 e. The standard InChI is InChI=1S/C17H20Cl2N2/c1-3-12-6-5-9-20-17(12)11-21-16(4-2)14-8-7-13(18)10-15(14)19/h5-10,16,21H,3-4,11H2,1-2H3. The molecule has 0 amide bonds. The Morgan fingerprint density at radius 3 is 2.67 bits per heavy atom. The summed E-state index contributed by atoms with van der Waals surface area (Å²) in [7, 11) is 0. The van der Waals surface area contributed by atoms with E-state index in [1.54, 1.807) is 6.07 Å². The third-order valence-electron chi connectivity index (χ3n) is 3.63. The van der Waals surface area contributed by atoms with Gasteiger partial charge in [0.15, 0.2) is 0 Å². The van der Waals surface area contributed by atoms with Gasteiger partial charge in [-0.3, -0.25) is 4.98 Å². The lowest BCUT2D eigenvalue weighted by Crippen LogP contribution is -2.22. The van der Waals surface area contributed by atoms with Crippen LogP contribution in [0.15, 0.2) is 36.5 Å². The number of hydrogen-bond donors (Lipinski definition) is 1. The maximum absolute atomic E-state index is 6.30. The van der Waals surface area contributed by atoms with E-state index in [9.17, 15) is 0 Å². The van der Waals surface area contributed by atoms with Crippen LogP contribution < -0.4 is 5.32 Å². The smallest absolute Gasteiger partial charge is 0.0573 e. The van der Waals surface area contributed by atoms with Crippen LogP contribution in [0.2, 0.25) is 10.0 Å². The van der Waals surface area contributed by atoms with Gasteiger partial charge in [0.2, 0.25) is 0 Å². The lowest BCUT2D eigenvalue weighted by molar-refractivity contribution is 0.513. The molecule has 1 unspecified atom stereocenters. The molecule has 0 radical (unpaired) electrons. The fourth-order valence-corrected chi connectivity index (χ4v) is 2.97.